The van der Waals surface area contributed by atoms with Crippen molar-refractivity contribution in [2.24, 2.45) is 0 Å². The zero-order valence-electron chi connectivity index (χ0n) is 22.1. The zero-order valence-corrected chi connectivity index (χ0v) is 22.1. The Hall–Kier alpha value is -2.78. The molecule has 7 nitrogen and oxygen atoms in total. The third-order valence-corrected chi connectivity index (χ3v) is 5.60. The third kappa shape index (κ3) is 10.6. The summed E-state index contributed by atoms with van der Waals surface area (Å²) in [5.74, 6) is -0.0732. The van der Waals surface area contributed by atoms with Crippen LogP contribution in [0.2, 0.25) is 0 Å². The number of aliphatic hydroxyl groups excluding tert-OH is 2. The number of halogens is 1. The smallest absolute Gasteiger partial charge is 0.308 e. The van der Waals surface area contributed by atoms with Gasteiger partial charge in [-0.25, -0.2) is 4.39 Å². The topological polar surface area (TPSA) is 94.5 Å². The first-order valence-corrected chi connectivity index (χ1v) is 12.6. The summed E-state index contributed by atoms with van der Waals surface area (Å²) in [5, 5.41) is 20.7. The van der Waals surface area contributed by atoms with E-state index in [4.69, 9.17) is 18.9 Å². The molecule has 2 atom stereocenters. The quantitative estimate of drug-likeness (QED) is 0.245. The van der Waals surface area contributed by atoms with E-state index in [1.165, 1.54) is 12.1 Å². The molecule has 0 radical (unpaired) electrons. The maximum atomic E-state index is 13.6. The number of hydrogen-bond acceptors (Lipinski definition) is 7. The van der Waals surface area contributed by atoms with Gasteiger partial charge in [0.2, 0.25) is 0 Å². The van der Waals surface area contributed by atoms with Crippen LogP contribution in [0.4, 0.5) is 4.39 Å². The summed E-state index contributed by atoms with van der Waals surface area (Å²) in [6.07, 6.45) is 1.19. The van der Waals surface area contributed by atoms with Gasteiger partial charge in [0, 0.05) is 13.5 Å². The molecule has 0 bridgehead atoms. The van der Waals surface area contributed by atoms with Gasteiger partial charge in [0.1, 0.15) is 18.2 Å². The lowest BCUT2D eigenvalue weighted by Gasteiger charge is -2.19. The molecule has 0 saturated heterocycles. The number of hydrogen-bond donors (Lipinski definition) is 2. The molecule has 0 aromatic heterocycles. The minimum atomic E-state index is -1.03. The van der Waals surface area contributed by atoms with Gasteiger partial charge in [0.05, 0.1) is 45.1 Å². The molecule has 0 saturated carbocycles. The maximum absolute atomic E-state index is 13.6. The standard InChI is InChI=1S/C29H39FO7/c1-5-36-29(33)17-24(32)16-23(31)10-11-26-27(20(2)3)18-25(37-15-14-35-13-12-34-4)19-28(26)21-6-8-22(30)9-7-21/h6-11,18-20,23-24,31-32H,5,12-17H2,1-4H3/b11-10+. The van der Waals surface area contributed by atoms with E-state index in [1.54, 1.807) is 38.3 Å². The van der Waals surface area contributed by atoms with Gasteiger partial charge in [-0.1, -0.05) is 38.1 Å². The highest BCUT2D eigenvalue weighted by atomic mass is 19.1. The SMILES string of the molecule is CCOC(=O)CC(O)CC(O)/C=C/c1c(-c2ccc(F)cc2)cc(OCCOCCOC)cc1C(C)C. The lowest BCUT2D eigenvalue weighted by Crippen LogP contribution is -2.20. The van der Waals surface area contributed by atoms with E-state index in [1.807, 2.05) is 12.1 Å². The summed E-state index contributed by atoms with van der Waals surface area (Å²) >= 11 is 0. The molecule has 0 spiro atoms. The Balaban J connectivity index is 2.30. The van der Waals surface area contributed by atoms with Crippen molar-refractivity contribution in [1.82, 2.24) is 0 Å². The van der Waals surface area contributed by atoms with E-state index >= 15 is 0 Å². The van der Waals surface area contributed by atoms with Crippen LogP contribution in [0.3, 0.4) is 0 Å². The third-order valence-electron chi connectivity index (χ3n) is 5.60. The fourth-order valence-corrected chi connectivity index (χ4v) is 3.79. The number of carbonyl (C=O) groups excluding carboxylic acids is 1. The van der Waals surface area contributed by atoms with Crippen LogP contribution in [0.25, 0.3) is 17.2 Å². The summed E-state index contributed by atoms with van der Waals surface area (Å²) in [5.41, 5.74) is 3.44. The van der Waals surface area contributed by atoms with Crippen molar-refractivity contribution in [1.29, 1.82) is 0 Å². The molecule has 0 aliphatic carbocycles. The largest absolute Gasteiger partial charge is 0.491 e. The van der Waals surface area contributed by atoms with Crippen LogP contribution in [0.5, 0.6) is 5.75 Å². The Labute approximate surface area is 218 Å². The second-order valence-electron chi connectivity index (χ2n) is 8.91. The van der Waals surface area contributed by atoms with Crippen LogP contribution in [0, 0.1) is 5.82 Å². The van der Waals surface area contributed by atoms with Gasteiger partial charge in [-0.05, 0) is 59.4 Å². The van der Waals surface area contributed by atoms with Crippen LogP contribution in [-0.2, 0) is 19.0 Å². The average Bonchev–Trinajstić information content (AvgIpc) is 2.85. The van der Waals surface area contributed by atoms with E-state index in [0.717, 1.165) is 22.3 Å². The van der Waals surface area contributed by atoms with E-state index in [-0.39, 0.29) is 31.2 Å². The van der Waals surface area contributed by atoms with Gasteiger partial charge in [-0.3, -0.25) is 4.79 Å². The van der Waals surface area contributed by atoms with Crippen molar-refractivity contribution in [2.75, 3.05) is 40.1 Å². The highest BCUT2D eigenvalue weighted by molar-refractivity contribution is 5.79. The van der Waals surface area contributed by atoms with E-state index < -0.39 is 18.2 Å². The van der Waals surface area contributed by atoms with Crippen LogP contribution < -0.4 is 4.74 Å². The Bertz CT molecular complexity index is 988. The number of rotatable bonds is 16. The molecular formula is C29H39FO7. The van der Waals surface area contributed by atoms with Crippen LogP contribution in [0.1, 0.15) is 50.7 Å². The van der Waals surface area contributed by atoms with Crippen LogP contribution in [-0.4, -0.2) is 68.5 Å². The lowest BCUT2D eigenvalue weighted by molar-refractivity contribution is -0.145. The summed E-state index contributed by atoms with van der Waals surface area (Å²) in [7, 11) is 1.62. The van der Waals surface area contributed by atoms with Gasteiger partial charge < -0.3 is 29.2 Å². The first kappa shape index (κ1) is 30.4. The molecule has 0 aliphatic heterocycles. The monoisotopic (exact) mass is 518 g/mol. The average molecular weight is 519 g/mol. The van der Waals surface area contributed by atoms with Gasteiger partial charge in [-0.15, -0.1) is 0 Å². The van der Waals surface area contributed by atoms with Crippen LogP contribution in [0.15, 0.2) is 42.5 Å². The van der Waals surface area contributed by atoms with Gasteiger partial charge in [0.15, 0.2) is 0 Å². The normalized spacial score (nSPS) is 13.2. The zero-order chi connectivity index (χ0) is 27.2. The van der Waals surface area contributed by atoms with Gasteiger partial charge >= 0.3 is 5.97 Å². The molecule has 0 amide bonds. The van der Waals surface area contributed by atoms with E-state index in [9.17, 15) is 19.4 Å². The number of methoxy groups -OCH3 is 1. The first-order valence-electron chi connectivity index (χ1n) is 12.6. The number of carbonyl (C=O) groups is 1. The molecule has 2 unspecified atom stereocenters. The Morgan fingerprint density at radius 3 is 2.41 bits per heavy atom. The molecule has 204 valence electrons. The number of benzene rings is 2. The number of aliphatic hydroxyl groups is 2. The molecule has 2 rings (SSSR count). The van der Waals surface area contributed by atoms with Crippen molar-refractivity contribution in [3.63, 3.8) is 0 Å². The molecule has 0 aliphatic rings. The molecular weight excluding hydrogens is 479 g/mol. The Morgan fingerprint density at radius 1 is 1.05 bits per heavy atom. The summed E-state index contributed by atoms with van der Waals surface area (Å²) in [6, 6.07) is 10.0. The lowest BCUT2D eigenvalue weighted by atomic mass is 9.89. The van der Waals surface area contributed by atoms with Crippen molar-refractivity contribution in [2.45, 2.75) is 51.7 Å². The Kier molecular flexibility index (Phi) is 13.3. The highest BCUT2D eigenvalue weighted by Gasteiger charge is 2.17. The predicted molar refractivity (Wildman–Crippen MR) is 141 cm³/mol. The van der Waals surface area contributed by atoms with E-state index in [0.29, 0.717) is 32.2 Å². The van der Waals surface area contributed by atoms with Crippen molar-refractivity contribution < 1.29 is 38.3 Å². The molecule has 37 heavy (non-hydrogen) atoms. The fourth-order valence-electron chi connectivity index (χ4n) is 3.79. The number of ether oxygens (including phenoxy) is 4. The van der Waals surface area contributed by atoms with E-state index in [2.05, 4.69) is 13.8 Å². The minimum absolute atomic E-state index is 0.0114. The van der Waals surface area contributed by atoms with Gasteiger partial charge in [0.25, 0.3) is 0 Å². The molecule has 8 heteroatoms. The summed E-state index contributed by atoms with van der Waals surface area (Å²) in [6.45, 7) is 7.80. The molecule has 2 N–H and O–H groups in total. The second kappa shape index (κ2) is 16.1. The van der Waals surface area contributed by atoms with Crippen molar-refractivity contribution >= 4 is 12.0 Å². The first-order chi connectivity index (χ1) is 17.7. The minimum Gasteiger partial charge on any atom is -0.491 e. The molecule has 2 aromatic carbocycles. The highest BCUT2D eigenvalue weighted by Crippen LogP contribution is 2.36. The summed E-state index contributed by atoms with van der Waals surface area (Å²) < 4.78 is 34.9. The molecule has 0 fully saturated rings. The molecule has 0 heterocycles. The van der Waals surface area contributed by atoms with Crippen molar-refractivity contribution in [3.8, 4) is 16.9 Å². The van der Waals surface area contributed by atoms with Crippen LogP contribution >= 0.6 is 0 Å². The number of esters is 1. The maximum Gasteiger partial charge on any atom is 0.308 e. The predicted octanol–water partition coefficient (Wildman–Crippen LogP) is 4.74. The van der Waals surface area contributed by atoms with Crippen molar-refractivity contribution in [3.05, 3.63) is 59.4 Å². The molecule has 2 aromatic rings. The second-order valence-corrected chi connectivity index (χ2v) is 8.91. The fraction of sp³-hybridized carbons (Fsp3) is 0.483. The van der Waals surface area contributed by atoms with Gasteiger partial charge in [-0.2, -0.15) is 0 Å². The Morgan fingerprint density at radius 2 is 1.76 bits per heavy atom. The summed E-state index contributed by atoms with van der Waals surface area (Å²) in [4.78, 5) is 11.6.